The second kappa shape index (κ2) is 10.8. The van der Waals surface area contributed by atoms with E-state index in [-0.39, 0.29) is 36.7 Å². The first-order valence-corrected chi connectivity index (χ1v) is 12.8. The third kappa shape index (κ3) is 4.66. The third-order valence-electron chi connectivity index (χ3n) is 7.29. The molecule has 0 bridgehead atoms. The first-order valence-electron chi connectivity index (χ1n) is 12.8. The van der Waals surface area contributed by atoms with Crippen LogP contribution in [0.25, 0.3) is 0 Å². The molecule has 1 aliphatic carbocycles. The molecule has 4 N–H and O–H groups in total. The predicted octanol–water partition coefficient (Wildman–Crippen LogP) is 2.62. The Bertz CT molecular complexity index is 1300. The van der Waals surface area contributed by atoms with Gasteiger partial charge < -0.3 is 25.4 Å². The highest BCUT2D eigenvalue weighted by Crippen LogP contribution is 2.59. The van der Waals surface area contributed by atoms with E-state index in [1.165, 1.54) is 0 Å². The second-order valence-corrected chi connectivity index (χ2v) is 10.4. The van der Waals surface area contributed by atoms with E-state index < -0.39 is 35.3 Å². The number of carbonyl (C=O) groups is 3. The number of aryl methyl sites for hydroxylation is 1. The van der Waals surface area contributed by atoms with Gasteiger partial charge in [0.25, 0.3) is 5.60 Å². The van der Waals surface area contributed by atoms with Crippen LogP contribution >= 0.6 is 0 Å². The number of aromatic nitrogens is 1. The van der Waals surface area contributed by atoms with E-state index in [9.17, 15) is 24.6 Å². The Morgan fingerprint density at radius 1 is 1.18 bits per heavy atom. The Kier molecular flexibility index (Phi) is 7.83. The monoisotopic (exact) mass is 522 g/mol. The number of anilines is 1. The van der Waals surface area contributed by atoms with Crippen molar-refractivity contribution < 1.29 is 34.1 Å². The zero-order valence-electron chi connectivity index (χ0n) is 22.0. The number of hydrogen-bond acceptors (Lipinski definition) is 9. The topological polar surface area (TPSA) is 152 Å². The number of aliphatic hydroxyl groups is 2. The van der Waals surface area contributed by atoms with Gasteiger partial charge in [-0.05, 0) is 60.9 Å². The summed E-state index contributed by atoms with van der Waals surface area (Å²) in [7, 11) is 0. The number of carbonyl (C=O) groups excluding carboxylic acids is 3. The highest BCUT2D eigenvalue weighted by atomic mass is 16.7. The Labute approximate surface area is 221 Å². The van der Waals surface area contributed by atoms with Crippen LogP contribution in [0.4, 0.5) is 5.82 Å². The van der Waals surface area contributed by atoms with Crippen molar-refractivity contribution in [2.45, 2.75) is 57.7 Å². The van der Waals surface area contributed by atoms with E-state index in [2.05, 4.69) is 4.98 Å². The van der Waals surface area contributed by atoms with Crippen molar-refractivity contribution in [2.75, 3.05) is 25.6 Å². The number of rotatable bonds is 11. The van der Waals surface area contributed by atoms with Gasteiger partial charge in [-0.25, -0.2) is 9.78 Å². The van der Waals surface area contributed by atoms with Gasteiger partial charge in [-0.15, -0.1) is 0 Å². The van der Waals surface area contributed by atoms with E-state index in [1.807, 2.05) is 26.8 Å². The molecule has 38 heavy (non-hydrogen) atoms. The summed E-state index contributed by atoms with van der Waals surface area (Å²) in [6.07, 6.45) is 3.19. The highest BCUT2D eigenvalue weighted by Gasteiger charge is 2.85. The highest BCUT2D eigenvalue weighted by molar-refractivity contribution is 6.33. The van der Waals surface area contributed by atoms with Crippen LogP contribution in [0.1, 0.15) is 65.5 Å². The van der Waals surface area contributed by atoms with E-state index in [0.29, 0.717) is 36.2 Å². The van der Waals surface area contributed by atoms with Gasteiger partial charge in [0.15, 0.2) is 11.4 Å². The lowest BCUT2D eigenvalue weighted by atomic mass is 9.69. The first-order chi connectivity index (χ1) is 18.1. The van der Waals surface area contributed by atoms with Crippen LogP contribution in [0.15, 0.2) is 47.7 Å². The summed E-state index contributed by atoms with van der Waals surface area (Å²) in [4.78, 5) is 45.2. The van der Waals surface area contributed by atoms with E-state index >= 15 is 0 Å². The number of nitrogens with two attached hydrogens (primary N) is 1. The lowest BCUT2D eigenvalue weighted by Gasteiger charge is -2.27. The van der Waals surface area contributed by atoms with Crippen molar-refractivity contribution in [3.05, 3.63) is 69.9 Å². The van der Waals surface area contributed by atoms with Gasteiger partial charge in [0.05, 0.1) is 13.2 Å². The van der Waals surface area contributed by atoms with Crippen molar-refractivity contribution in [3.8, 4) is 0 Å². The van der Waals surface area contributed by atoms with Crippen LogP contribution in [0.5, 0.6) is 0 Å². The number of esters is 1. The number of allylic oxidation sites excluding steroid dienone is 1. The predicted molar refractivity (Wildman–Crippen MR) is 140 cm³/mol. The molecule has 2 atom stereocenters. The molecule has 0 saturated carbocycles. The minimum absolute atomic E-state index is 0.138. The van der Waals surface area contributed by atoms with Crippen LogP contribution in [0.3, 0.4) is 0 Å². The molecule has 1 aromatic heterocycles. The Balaban J connectivity index is 1.73. The minimum Gasteiger partial charge on any atom is -0.461 e. The lowest BCUT2D eigenvalue weighted by molar-refractivity contribution is -0.149. The molecule has 2 aliphatic rings. The average Bonchev–Trinajstić information content (AvgIpc) is 3.59. The van der Waals surface area contributed by atoms with Crippen LogP contribution in [0, 0.1) is 5.92 Å². The van der Waals surface area contributed by atoms with Crippen molar-refractivity contribution in [2.24, 2.45) is 5.92 Å². The maximum absolute atomic E-state index is 14.0. The standard InChI is InChI=1S/C29H34N2O7/c1-17(2)13-20-5-4-6-22-24(20)26(35)29(27(36)37-12-11-32)28(38-29,25(22)34)15-21(16-33)18(3)7-8-19-9-10-31-23(30)14-19/h4-6,9-10,14,17,32-33H,7-8,11-13,15-16H2,1-3H3,(H2,30,31). The molecular formula is C29H34N2O7. The number of ether oxygens (including phenoxy) is 2. The van der Waals surface area contributed by atoms with Crippen LogP contribution in [-0.2, 0) is 27.1 Å². The van der Waals surface area contributed by atoms with Crippen molar-refractivity contribution in [3.63, 3.8) is 0 Å². The molecule has 1 aliphatic heterocycles. The van der Waals surface area contributed by atoms with Crippen molar-refractivity contribution in [1.29, 1.82) is 0 Å². The lowest BCUT2D eigenvalue weighted by Crippen LogP contribution is -2.51. The van der Waals surface area contributed by atoms with Gasteiger partial charge in [0.1, 0.15) is 12.4 Å². The molecule has 0 spiro atoms. The van der Waals surface area contributed by atoms with Gasteiger partial charge >= 0.3 is 5.97 Å². The molecule has 4 rings (SSSR count). The maximum Gasteiger partial charge on any atom is 0.350 e. The molecule has 2 unspecified atom stereocenters. The maximum atomic E-state index is 14.0. The summed E-state index contributed by atoms with van der Waals surface area (Å²) < 4.78 is 11.1. The van der Waals surface area contributed by atoms with Crippen molar-refractivity contribution >= 4 is 23.4 Å². The fourth-order valence-electron chi connectivity index (χ4n) is 5.31. The minimum atomic E-state index is -2.15. The SMILES string of the molecule is CC(CCc1ccnc(N)c1)=C(CO)CC12OC1(C(=O)OCCO)C(=O)c1c(CC(C)C)cccc1C2=O. The van der Waals surface area contributed by atoms with E-state index in [4.69, 9.17) is 15.2 Å². The number of fused-ring (bicyclic) bond motifs is 2. The van der Waals surface area contributed by atoms with Gasteiger partial charge in [0.2, 0.25) is 5.78 Å². The Hall–Kier alpha value is -3.40. The van der Waals surface area contributed by atoms with E-state index in [1.54, 1.807) is 30.5 Å². The summed E-state index contributed by atoms with van der Waals surface area (Å²) in [6.45, 7) is 4.69. The number of ketones is 2. The van der Waals surface area contributed by atoms with Crippen LogP contribution < -0.4 is 5.73 Å². The molecule has 0 radical (unpaired) electrons. The number of hydrogen-bond donors (Lipinski definition) is 3. The molecule has 1 fully saturated rings. The fourth-order valence-corrected chi connectivity index (χ4v) is 5.31. The average molecular weight is 523 g/mol. The molecule has 202 valence electrons. The molecule has 0 amide bonds. The number of epoxide rings is 1. The zero-order valence-corrected chi connectivity index (χ0v) is 22.0. The Morgan fingerprint density at radius 3 is 2.61 bits per heavy atom. The molecule has 1 saturated heterocycles. The van der Waals surface area contributed by atoms with E-state index in [0.717, 1.165) is 11.1 Å². The molecule has 1 aromatic carbocycles. The van der Waals surface area contributed by atoms with Crippen molar-refractivity contribution in [1.82, 2.24) is 4.98 Å². The van der Waals surface area contributed by atoms with Gasteiger partial charge in [-0.1, -0.05) is 37.6 Å². The number of benzene rings is 1. The molecular weight excluding hydrogens is 488 g/mol. The number of nitrogens with zero attached hydrogens (tertiary/aromatic N) is 1. The summed E-state index contributed by atoms with van der Waals surface area (Å²) in [5.74, 6) is -1.49. The molecule has 2 heterocycles. The first kappa shape index (κ1) is 27.6. The smallest absolute Gasteiger partial charge is 0.350 e. The normalized spacial score (nSPS) is 22.6. The number of nitrogen functional groups attached to an aromatic ring is 1. The molecule has 2 aromatic rings. The van der Waals surface area contributed by atoms with Crippen LogP contribution in [0.2, 0.25) is 0 Å². The quantitative estimate of drug-likeness (QED) is 0.175. The summed E-state index contributed by atoms with van der Waals surface area (Å²) >= 11 is 0. The van der Waals surface area contributed by atoms with Gasteiger partial charge in [0, 0.05) is 23.7 Å². The fraction of sp³-hybridized carbons (Fsp3) is 0.448. The second-order valence-electron chi connectivity index (χ2n) is 10.4. The van der Waals surface area contributed by atoms with Crippen LogP contribution in [-0.4, -0.2) is 63.8 Å². The summed E-state index contributed by atoms with van der Waals surface area (Å²) in [5.41, 5.74) is 5.14. The summed E-state index contributed by atoms with van der Waals surface area (Å²) in [6, 6.07) is 8.70. The largest absolute Gasteiger partial charge is 0.461 e. The number of Topliss-reactive ketones (excluding diaryl/α,β-unsaturated/α-hetero) is 2. The zero-order chi connectivity index (χ0) is 27.7. The Morgan fingerprint density at radius 2 is 1.95 bits per heavy atom. The molecule has 9 nitrogen and oxygen atoms in total. The number of pyridine rings is 1. The summed E-state index contributed by atoms with van der Waals surface area (Å²) in [5, 5.41) is 19.5. The van der Waals surface area contributed by atoms with Gasteiger partial charge in [-0.3, -0.25) is 9.59 Å². The third-order valence-corrected chi connectivity index (χ3v) is 7.29. The number of aliphatic hydroxyl groups excluding tert-OH is 2. The van der Waals surface area contributed by atoms with Gasteiger partial charge in [-0.2, -0.15) is 0 Å². The molecule has 9 heteroatoms.